The van der Waals surface area contributed by atoms with Crippen molar-refractivity contribution in [2.24, 2.45) is 0 Å². The highest BCUT2D eigenvalue weighted by Crippen LogP contribution is 2.42. The second-order valence-electron chi connectivity index (χ2n) is 9.66. The summed E-state index contributed by atoms with van der Waals surface area (Å²) in [5.41, 5.74) is 0.913. The van der Waals surface area contributed by atoms with Gasteiger partial charge in [-0.2, -0.15) is 0 Å². The van der Waals surface area contributed by atoms with E-state index in [-0.39, 0.29) is 48.0 Å². The lowest BCUT2D eigenvalue weighted by molar-refractivity contribution is 0.0948. The van der Waals surface area contributed by atoms with Gasteiger partial charge in [-0.3, -0.25) is 9.59 Å². The van der Waals surface area contributed by atoms with Gasteiger partial charge in [-0.1, -0.05) is 29.3 Å². The lowest BCUT2D eigenvalue weighted by atomic mass is 10.0. The van der Waals surface area contributed by atoms with Crippen LogP contribution in [0.4, 0.5) is 10.1 Å². The number of pyridine rings is 1. The molecule has 1 amide bonds. The minimum atomic E-state index is -0.564. The minimum absolute atomic E-state index is 0. The van der Waals surface area contributed by atoms with Gasteiger partial charge in [0.05, 0.1) is 16.9 Å². The maximum Gasteiger partial charge on any atom is 0.257 e. The zero-order chi connectivity index (χ0) is 25.7. The van der Waals surface area contributed by atoms with E-state index in [0.29, 0.717) is 52.3 Å². The third kappa shape index (κ3) is 5.12. The number of ether oxygens (including phenoxy) is 1. The first-order valence-corrected chi connectivity index (χ1v) is 12.7. The molecule has 0 bridgehead atoms. The van der Waals surface area contributed by atoms with Crippen LogP contribution >= 0.6 is 35.6 Å². The molecule has 2 aliphatic heterocycles. The fourth-order valence-corrected chi connectivity index (χ4v) is 5.59. The largest absolute Gasteiger partial charge is 0.487 e. The molecule has 0 spiro atoms. The van der Waals surface area contributed by atoms with Gasteiger partial charge in [0.25, 0.3) is 5.91 Å². The van der Waals surface area contributed by atoms with Crippen molar-refractivity contribution in [3.8, 4) is 5.75 Å². The third-order valence-corrected chi connectivity index (χ3v) is 7.30. The number of hydrogen-bond acceptors (Lipinski definition) is 5. The maximum absolute atomic E-state index is 15.6. The van der Waals surface area contributed by atoms with E-state index in [1.165, 1.54) is 6.07 Å². The zero-order valence-electron chi connectivity index (χ0n) is 20.6. The molecule has 37 heavy (non-hydrogen) atoms. The summed E-state index contributed by atoms with van der Waals surface area (Å²) in [6.07, 6.45) is 1.55. The molecule has 1 fully saturated rings. The van der Waals surface area contributed by atoms with E-state index in [1.807, 2.05) is 30.2 Å². The number of carbonyl (C=O) groups excluding carboxylic acids is 1. The summed E-state index contributed by atoms with van der Waals surface area (Å²) in [6.45, 7) is 7.65. The minimum Gasteiger partial charge on any atom is -0.487 e. The van der Waals surface area contributed by atoms with Crippen molar-refractivity contribution in [2.45, 2.75) is 45.4 Å². The van der Waals surface area contributed by atoms with Crippen molar-refractivity contribution in [1.82, 2.24) is 15.2 Å². The van der Waals surface area contributed by atoms with Crippen molar-refractivity contribution < 1.29 is 13.9 Å². The molecule has 11 heteroatoms. The Labute approximate surface area is 230 Å². The number of amides is 1. The average molecular weight is 570 g/mol. The molecule has 0 aliphatic carbocycles. The SMILES string of the molecule is CC1CN(c2c(F)cc3c(=O)c(C(=O)NCc4ccc(Cl)cc4Cl)cn4c3c2OC[C@@H]4C)CC(C)N1.Cl. The van der Waals surface area contributed by atoms with Crippen LogP contribution in [0.3, 0.4) is 0 Å². The van der Waals surface area contributed by atoms with Gasteiger partial charge in [0.2, 0.25) is 5.43 Å². The monoisotopic (exact) mass is 568 g/mol. The Morgan fingerprint density at radius 1 is 1.19 bits per heavy atom. The van der Waals surface area contributed by atoms with Gasteiger partial charge >= 0.3 is 0 Å². The van der Waals surface area contributed by atoms with Crippen molar-refractivity contribution >= 4 is 58.1 Å². The van der Waals surface area contributed by atoms with E-state index >= 15 is 4.39 Å². The number of nitrogens with zero attached hydrogens (tertiary/aromatic N) is 2. The number of anilines is 1. The summed E-state index contributed by atoms with van der Waals surface area (Å²) >= 11 is 12.2. The zero-order valence-corrected chi connectivity index (χ0v) is 22.9. The fraction of sp³-hybridized carbons (Fsp3) is 0.385. The Balaban J connectivity index is 0.00000320. The van der Waals surface area contributed by atoms with Crippen molar-refractivity contribution in [2.75, 3.05) is 24.6 Å². The van der Waals surface area contributed by atoms with Crippen molar-refractivity contribution in [1.29, 1.82) is 0 Å². The van der Waals surface area contributed by atoms with E-state index in [9.17, 15) is 9.59 Å². The predicted molar refractivity (Wildman–Crippen MR) is 148 cm³/mol. The third-order valence-electron chi connectivity index (χ3n) is 6.71. The van der Waals surface area contributed by atoms with Gasteiger partial charge in [0.15, 0.2) is 11.6 Å². The van der Waals surface area contributed by atoms with Crippen molar-refractivity contribution in [3.63, 3.8) is 0 Å². The van der Waals surface area contributed by atoms with Gasteiger partial charge in [0, 0.05) is 48.0 Å². The summed E-state index contributed by atoms with van der Waals surface area (Å²) in [4.78, 5) is 28.5. The normalized spacial score (nSPS) is 20.8. The molecule has 2 aliphatic rings. The van der Waals surface area contributed by atoms with Crippen LogP contribution in [0.5, 0.6) is 5.75 Å². The van der Waals surface area contributed by atoms with E-state index in [1.54, 1.807) is 24.4 Å². The van der Waals surface area contributed by atoms with Crippen LogP contribution in [-0.4, -0.2) is 42.3 Å². The molecule has 3 heterocycles. The van der Waals surface area contributed by atoms with Crippen LogP contribution in [0.15, 0.2) is 35.3 Å². The predicted octanol–water partition coefficient (Wildman–Crippen LogP) is 4.94. The molecule has 0 saturated carbocycles. The summed E-state index contributed by atoms with van der Waals surface area (Å²) < 4.78 is 23.5. The molecule has 7 nitrogen and oxygen atoms in total. The van der Waals surface area contributed by atoms with Gasteiger partial charge in [0.1, 0.15) is 17.9 Å². The van der Waals surface area contributed by atoms with Gasteiger partial charge in [-0.15, -0.1) is 12.4 Å². The molecule has 5 rings (SSSR count). The smallest absolute Gasteiger partial charge is 0.257 e. The number of carbonyl (C=O) groups is 1. The van der Waals surface area contributed by atoms with E-state index < -0.39 is 17.2 Å². The lowest BCUT2D eigenvalue weighted by Gasteiger charge is -2.39. The highest BCUT2D eigenvalue weighted by Gasteiger charge is 2.32. The number of piperazine rings is 1. The standard InChI is InChI=1S/C26H27Cl2FN4O3.ClH/c1-13-9-32(10-14(2)31-13)23-21(29)7-18-22-25(23)36-12-15(3)33(22)11-19(24(18)34)26(35)30-8-16-4-5-17(27)6-20(16)28;/h4-7,11,13-15,31H,8-10,12H2,1-3H3,(H,30,35);1H/t13?,14?,15-;/m0./s1. The van der Waals surface area contributed by atoms with Crippen LogP contribution in [0.1, 0.15) is 42.7 Å². The van der Waals surface area contributed by atoms with Gasteiger partial charge in [-0.25, -0.2) is 4.39 Å². The molecule has 2 N–H and O–H groups in total. The first kappa shape index (κ1) is 27.5. The Morgan fingerprint density at radius 2 is 1.89 bits per heavy atom. The first-order valence-electron chi connectivity index (χ1n) is 11.9. The number of benzene rings is 2. The number of halogens is 4. The van der Waals surface area contributed by atoms with E-state index in [4.69, 9.17) is 27.9 Å². The quantitative estimate of drug-likeness (QED) is 0.466. The molecule has 198 valence electrons. The topological polar surface area (TPSA) is 75.6 Å². The van der Waals surface area contributed by atoms with Crippen LogP contribution in [-0.2, 0) is 6.54 Å². The molecule has 0 radical (unpaired) electrons. The lowest BCUT2D eigenvalue weighted by Crippen LogP contribution is -2.54. The summed E-state index contributed by atoms with van der Waals surface area (Å²) in [6, 6.07) is 6.39. The molecular weight excluding hydrogens is 542 g/mol. The van der Waals surface area contributed by atoms with E-state index in [2.05, 4.69) is 10.6 Å². The number of nitrogens with one attached hydrogen (secondary N) is 2. The highest BCUT2D eigenvalue weighted by molar-refractivity contribution is 6.35. The Morgan fingerprint density at radius 3 is 2.57 bits per heavy atom. The van der Waals surface area contributed by atoms with Crippen molar-refractivity contribution in [3.05, 3.63) is 67.7 Å². The molecule has 3 atom stereocenters. The Bertz CT molecular complexity index is 1420. The van der Waals surface area contributed by atoms with Crippen LogP contribution in [0.25, 0.3) is 10.9 Å². The summed E-state index contributed by atoms with van der Waals surface area (Å²) in [5.74, 6) is -0.755. The molecule has 1 aromatic heterocycles. The second-order valence-corrected chi connectivity index (χ2v) is 10.5. The number of aromatic nitrogens is 1. The molecule has 3 aromatic rings. The number of hydrogen-bond donors (Lipinski definition) is 2. The van der Waals surface area contributed by atoms with Crippen LogP contribution in [0, 0.1) is 5.82 Å². The Hall–Kier alpha value is -2.52. The Kier molecular flexibility index (Phi) is 7.95. The molecule has 2 unspecified atom stereocenters. The molecule has 2 aromatic carbocycles. The van der Waals surface area contributed by atoms with E-state index in [0.717, 1.165) is 0 Å². The maximum atomic E-state index is 15.6. The van der Waals surface area contributed by atoms with Crippen LogP contribution in [0.2, 0.25) is 10.0 Å². The first-order chi connectivity index (χ1) is 17.1. The molecular formula is C26H28Cl3FN4O3. The highest BCUT2D eigenvalue weighted by atomic mass is 35.5. The second kappa shape index (κ2) is 10.7. The summed E-state index contributed by atoms with van der Waals surface area (Å²) in [7, 11) is 0. The average Bonchev–Trinajstić information content (AvgIpc) is 2.81. The fourth-order valence-electron chi connectivity index (χ4n) is 5.11. The van der Waals surface area contributed by atoms with Gasteiger partial charge < -0.3 is 24.8 Å². The summed E-state index contributed by atoms with van der Waals surface area (Å²) in [5, 5.41) is 7.21. The van der Waals surface area contributed by atoms with Gasteiger partial charge in [-0.05, 0) is 44.5 Å². The van der Waals surface area contributed by atoms with Crippen LogP contribution < -0.4 is 25.7 Å². The molecule has 1 saturated heterocycles. The number of rotatable bonds is 4.